The zero-order chi connectivity index (χ0) is 16.7. The standard InChI is InChI=1S/C19H18FNO2/c1-3-12-23-17-8-5-15(6-9-17)10-11-21-19(22)16-7-4-14(2)18(20)13-16/h1,4-9,13H,10-12H2,2H3,(H,21,22). The lowest BCUT2D eigenvalue weighted by Gasteiger charge is -2.07. The van der Waals surface area contributed by atoms with Crippen LogP contribution in [0.15, 0.2) is 42.5 Å². The van der Waals surface area contributed by atoms with E-state index < -0.39 is 0 Å². The Balaban J connectivity index is 1.83. The van der Waals surface area contributed by atoms with E-state index in [9.17, 15) is 9.18 Å². The Morgan fingerprint density at radius 2 is 2.00 bits per heavy atom. The lowest BCUT2D eigenvalue weighted by molar-refractivity contribution is 0.0953. The van der Waals surface area contributed by atoms with Gasteiger partial charge < -0.3 is 10.1 Å². The lowest BCUT2D eigenvalue weighted by atomic mass is 10.1. The van der Waals surface area contributed by atoms with Gasteiger partial charge >= 0.3 is 0 Å². The molecule has 0 fully saturated rings. The Labute approximate surface area is 135 Å². The highest BCUT2D eigenvalue weighted by molar-refractivity contribution is 5.94. The number of amides is 1. The number of hydrogen-bond acceptors (Lipinski definition) is 2. The summed E-state index contributed by atoms with van der Waals surface area (Å²) < 4.78 is 18.7. The van der Waals surface area contributed by atoms with Crippen LogP contribution in [-0.4, -0.2) is 19.1 Å². The third-order valence-electron chi connectivity index (χ3n) is 3.38. The van der Waals surface area contributed by atoms with Crippen molar-refractivity contribution in [3.05, 3.63) is 65.0 Å². The maximum Gasteiger partial charge on any atom is 0.251 e. The first-order valence-electron chi connectivity index (χ1n) is 7.29. The number of nitrogens with one attached hydrogen (secondary N) is 1. The highest BCUT2D eigenvalue weighted by Crippen LogP contribution is 2.12. The van der Waals surface area contributed by atoms with E-state index in [1.165, 1.54) is 6.07 Å². The molecule has 118 valence electrons. The molecule has 3 nitrogen and oxygen atoms in total. The molecule has 0 aliphatic rings. The first kappa shape index (κ1) is 16.6. The molecule has 1 N–H and O–H groups in total. The number of benzene rings is 2. The van der Waals surface area contributed by atoms with Gasteiger partial charge in [0, 0.05) is 12.1 Å². The molecule has 4 heteroatoms. The van der Waals surface area contributed by atoms with Gasteiger partial charge in [0.25, 0.3) is 5.91 Å². The number of aryl methyl sites for hydroxylation is 1. The van der Waals surface area contributed by atoms with Crippen LogP contribution in [0, 0.1) is 25.1 Å². The maximum atomic E-state index is 13.4. The minimum Gasteiger partial charge on any atom is -0.481 e. The molecule has 0 atom stereocenters. The van der Waals surface area contributed by atoms with Crippen molar-refractivity contribution in [1.29, 1.82) is 0 Å². The van der Waals surface area contributed by atoms with Crippen LogP contribution in [0.3, 0.4) is 0 Å². The number of rotatable bonds is 6. The molecule has 0 saturated carbocycles. The minimum atomic E-state index is -0.375. The zero-order valence-corrected chi connectivity index (χ0v) is 12.9. The second-order valence-electron chi connectivity index (χ2n) is 5.11. The van der Waals surface area contributed by atoms with Crippen molar-refractivity contribution in [2.75, 3.05) is 13.2 Å². The Morgan fingerprint density at radius 3 is 2.65 bits per heavy atom. The normalized spacial score (nSPS) is 9.96. The quantitative estimate of drug-likeness (QED) is 0.833. The highest BCUT2D eigenvalue weighted by Gasteiger charge is 2.07. The molecule has 0 aliphatic carbocycles. The zero-order valence-electron chi connectivity index (χ0n) is 12.9. The van der Waals surface area contributed by atoms with Crippen molar-refractivity contribution in [2.24, 2.45) is 0 Å². The van der Waals surface area contributed by atoms with Crippen molar-refractivity contribution in [3.8, 4) is 18.1 Å². The van der Waals surface area contributed by atoms with E-state index in [4.69, 9.17) is 11.2 Å². The molecule has 0 saturated heterocycles. The van der Waals surface area contributed by atoms with Gasteiger partial charge in [-0.15, -0.1) is 6.42 Å². The first-order chi connectivity index (χ1) is 11.1. The predicted octanol–water partition coefficient (Wildman–Crippen LogP) is 3.12. The van der Waals surface area contributed by atoms with Crippen LogP contribution < -0.4 is 10.1 Å². The topological polar surface area (TPSA) is 38.3 Å². The number of carbonyl (C=O) groups excluding carboxylic acids is 1. The predicted molar refractivity (Wildman–Crippen MR) is 87.9 cm³/mol. The van der Waals surface area contributed by atoms with Crippen LogP contribution in [0.5, 0.6) is 5.75 Å². The summed E-state index contributed by atoms with van der Waals surface area (Å²) in [6, 6.07) is 12.0. The molecule has 0 unspecified atom stereocenters. The SMILES string of the molecule is C#CCOc1ccc(CCNC(=O)c2ccc(C)c(F)c2)cc1. The number of halogens is 1. The van der Waals surface area contributed by atoms with E-state index in [-0.39, 0.29) is 18.3 Å². The largest absolute Gasteiger partial charge is 0.481 e. The van der Waals surface area contributed by atoms with Crippen molar-refractivity contribution in [3.63, 3.8) is 0 Å². The average Bonchev–Trinajstić information content (AvgIpc) is 2.56. The summed E-state index contributed by atoms with van der Waals surface area (Å²) in [5.74, 6) is 2.46. The third-order valence-corrected chi connectivity index (χ3v) is 3.38. The summed E-state index contributed by atoms with van der Waals surface area (Å²) in [4.78, 5) is 12.0. The first-order valence-corrected chi connectivity index (χ1v) is 7.29. The Hall–Kier alpha value is -2.80. The summed E-state index contributed by atoms with van der Waals surface area (Å²) in [5.41, 5.74) is 1.91. The number of terminal acetylenes is 1. The molecule has 0 aromatic heterocycles. The molecule has 0 heterocycles. The van der Waals surface area contributed by atoms with Crippen LogP contribution in [0.2, 0.25) is 0 Å². The van der Waals surface area contributed by atoms with Crippen LogP contribution in [-0.2, 0) is 6.42 Å². The van der Waals surface area contributed by atoms with Crippen LogP contribution in [0.4, 0.5) is 4.39 Å². The Kier molecular flexibility index (Phi) is 5.76. The van der Waals surface area contributed by atoms with Crippen molar-refractivity contribution in [1.82, 2.24) is 5.32 Å². The van der Waals surface area contributed by atoms with E-state index in [1.807, 2.05) is 24.3 Å². The molecule has 0 spiro atoms. The van der Waals surface area contributed by atoms with Gasteiger partial charge in [0.15, 0.2) is 0 Å². The summed E-state index contributed by atoms with van der Waals surface area (Å²) in [6.07, 6.45) is 5.80. The van der Waals surface area contributed by atoms with Crippen molar-refractivity contribution in [2.45, 2.75) is 13.3 Å². The fourth-order valence-corrected chi connectivity index (χ4v) is 2.03. The van der Waals surface area contributed by atoms with Gasteiger partial charge in [-0.2, -0.15) is 0 Å². The monoisotopic (exact) mass is 311 g/mol. The van der Waals surface area contributed by atoms with Crippen LogP contribution in [0.1, 0.15) is 21.5 Å². The van der Waals surface area contributed by atoms with Crippen LogP contribution >= 0.6 is 0 Å². The molecule has 1 amide bonds. The number of ether oxygens (including phenoxy) is 1. The van der Waals surface area contributed by atoms with Gasteiger partial charge in [0.05, 0.1) is 0 Å². The van der Waals surface area contributed by atoms with Crippen LogP contribution in [0.25, 0.3) is 0 Å². The van der Waals surface area contributed by atoms with Gasteiger partial charge in [-0.05, 0) is 48.7 Å². The van der Waals surface area contributed by atoms with E-state index in [0.29, 0.717) is 29.8 Å². The van der Waals surface area contributed by atoms with Crippen molar-refractivity contribution >= 4 is 5.91 Å². The summed E-state index contributed by atoms with van der Waals surface area (Å²) in [7, 11) is 0. The Bertz CT molecular complexity index is 717. The van der Waals surface area contributed by atoms with Crippen molar-refractivity contribution < 1.29 is 13.9 Å². The molecule has 0 radical (unpaired) electrons. The lowest BCUT2D eigenvalue weighted by Crippen LogP contribution is -2.25. The molecular formula is C19H18FNO2. The summed E-state index contributed by atoms with van der Waals surface area (Å²) in [6.45, 7) is 2.37. The summed E-state index contributed by atoms with van der Waals surface area (Å²) in [5, 5.41) is 2.78. The van der Waals surface area contributed by atoms with Gasteiger partial charge in [-0.3, -0.25) is 4.79 Å². The molecule has 0 aliphatic heterocycles. The highest BCUT2D eigenvalue weighted by atomic mass is 19.1. The van der Waals surface area contributed by atoms with Gasteiger partial charge in [0.2, 0.25) is 0 Å². The summed E-state index contributed by atoms with van der Waals surface area (Å²) >= 11 is 0. The molecule has 0 bridgehead atoms. The number of carbonyl (C=O) groups is 1. The molecule has 23 heavy (non-hydrogen) atoms. The smallest absolute Gasteiger partial charge is 0.251 e. The van der Waals surface area contributed by atoms with E-state index in [2.05, 4.69) is 11.2 Å². The maximum absolute atomic E-state index is 13.4. The van der Waals surface area contributed by atoms with E-state index >= 15 is 0 Å². The minimum absolute atomic E-state index is 0.239. The average molecular weight is 311 g/mol. The number of hydrogen-bond donors (Lipinski definition) is 1. The van der Waals surface area contributed by atoms with E-state index in [0.717, 1.165) is 5.56 Å². The molecule has 2 aromatic rings. The third kappa shape index (κ3) is 4.86. The van der Waals surface area contributed by atoms with Gasteiger partial charge in [0.1, 0.15) is 18.2 Å². The van der Waals surface area contributed by atoms with E-state index in [1.54, 1.807) is 19.1 Å². The molecule has 2 rings (SSSR count). The molecule has 2 aromatic carbocycles. The van der Waals surface area contributed by atoms with Gasteiger partial charge in [-0.1, -0.05) is 24.1 Å². The van der Waals surface area contributed by atoms with Gasteiger partial charge in [-0.25, -0.2) is 4.39 Å². The Morgan fingerprint density at radius 1 is 1.26 bits per heavy atom. The second kappa shape index (κ2) is 8.00. The fourth-order valence-electron chi connectivity index (χ4n) is 2.03. The molecular weight excluding hydrogens is 293 g/mol. The fraction of sp³-hybridized carbons (Fsp3) is 0.211. The second-order valence-corrected chi connectivity index (χ2v) is 5.11.